The van der Waals surface area contributed by atoms with Crippen molar-refractivity contribution >= 4 is 11.6 Å². The van der Waals surface area contributed by atoms with Crippen LogP contribution in [-0.2, 0) is 4.79 Å². The lowest BCUT2D eigenvalue weighted by atomic mass is 9.78. The number of benzene rings is 2. The summed E-state index contributed by atoms with van der Waals surface area (Å²) in [7, 11) is 0. The fourth-order valence-corrected chi connectivity index (χ4v) is 3.35. The highest BCUT2D eigenvalue weighted by Gasteiger charge is 2.47. The average molecular weight is 293 g/mol. The lowest BCUT2D eigenvalue weighted by molar-refractivity contribution is -0.130. The van der Waals surface area contributed by atoms with Crippen LogP contribution in [0.15, 0.2) is 60.7 Å². The molecule has 0 radical (unpaired) electrons. The van der Waals surface area contributed by atoms with Gasteiger partial charge in [0.05, 0.1) is 12.0 Å². The largest absolute Gasteiger partial charge is 0.304 e. The Balaban J connectivity index is 1.85. The molecule has 2 aromatic carbocycles. The van der Waals surface area contributed by atoms with Crippen molar-refractivity contribution in [3.05, 3.63) is 66.2 Å². The average Bonchev–Trinajstić information content (AvgIpc) is 2.58. The molecule has 0 saturated carbocycles. The van der Waals surface area contributed by atoms with E-state index in [0.717, 1.165) is 18.5 Å². The Kier molecular flexibility index (Phi) is 4.57. The molecule has 0 aromatic heterocycles. The summed E-state index contributed by atoms with van der Waals surface area (Å²) in [4.78, 5) is 14.6. The van der Waals surface area contributed by atoms with Crippen molar-refractivity contribution in [2.75, 3.05) is 4.90 Å². The number of anilines is 1. The van der Waals surface area contributed by atoms with Gasteiger partial charge in [-0.1, -0.05) is 74.7 Å². The van der Waals surface area contributed by atoms with E-state index in [-0.39, 0.29) is 17.9 Å². The highest BCUT2D eigenvalue weighted by molar-refractivity contribution is 6.03. The first kappa shape index (κ1) is 14.8. The standard InChI is InChI=1S/C20H23NO/c1-2-3-6-15-18-19(16-11-7-4-8-12-16)21(20(18)22)17-13-9-5-10-14-17/h4-5,7-14,18-19H,2-3,6,15H2,1H3/t18-,19-/m1/s1. The Morgan fingerprint density at radius 3 is 2.18 bits per heavy atom. The number of nitrogens with zero attached hydrogens (tertiary/aromatic N) is 1. The van der Waals surface area contributed by atoms with Crippen molar-refractivity contribution in [1.29, 1.82) is 0 Å². The first-order chi connectivity index (χ1) is 10.8. The van der Waals surface area contributed by atoms with Crippen LogP contribution in [0.3, 0.4) is 0 Å². The number of hydrogen-bond donors (Lipinski definition) is 0. The SMILES string of the molecule is CCCCC[C@H]1C(=O)N(c2ccccc2)[C@@H]1c1ccccc1. The third-order valence-electron chi connectivity index (χ3n) is 4.51. The monoisotopic (exact) mass is 293 g/mol. The van der Waals surface area contributed by atoms with Crippen molar-refractivity contribution in [2.24, 2.45) is 5.92 Å². The van der Waals surface area contributed by atoms with Gasteiger partial charge in [-0.15, -0.1) is 0 Å². The summed E-state index contributed by atoms with van der Waals surface area (Å²) in [5.41, 5.74) is 2.25. The van der Waals surface area contributed by atoms with E-state index in [4.69, 9.17) is 0 Å². The topological polar surface area (TPSA) is 20.3 Å². The number of β-lactam (4-membered cyclic amide) rings is 1. The second-order valence-corrected chi connectivity index (χ2v) is 6.00. The van der Waals surface area contributed by atoms with Crippen LogP contribution in [0.1, 0.15) is 44.2 Å². The summed E-state index contributed by atoms with van der Waals surface area (Å²) >= 11 is 0. The molecule has 22 heavy (non-hydrogen) atoms. The molecule has 1 saturated heterocycles. The van der Waals surface area contributed by atoms with E-state index in [1.54, 1.807) is 0 Å². The predicted molar refractivity (Wildman–Crippen MR) is 90.7 cm³/mol. The van der Waals surface area contributed by atoms with Gasteiger partial charge in [0.1, 0.15) is 0 Å². The number of amides is 1. The third kappa shape index (κ3) is 2.78. The predicted octanol–water partition coefficient (Wildman–Crippen LogP) is 4.97. The second kappa shape index (κ2) is 6.78. The number of para-hydroxylation sites is 1. The number of hydrogen-bond acceptors (Lipinski definition) is 1. The fraction of sp³-hybridized carbons (Fsp3) is 0.350. The summed E-state index contributed by atoms with van der Waals surface area (Å²) in [6.07, 6.45) is 4.53. The highest BCUT2D eigenvalue weighted by Crippen LogP contribution is 2.45. The molecule has 0 spiro atoms. The minimum Gasteiger partial charge on any atom is -0.304 e. The van der Waals surface area contributed by atoms with E-state index in [2.05, 4.69) is 31.2 Å². The van der Waals surface area contributed by atoms with Crippen LogP contribution in [0.25, 0.3) is 0 Å². The van der Waals surface area contributed by atoms with Crippen molar-refractivity contribution in [2.45, 2.75) is 38.6 Å². The summed E-state index contributed by atoms with van der Waals surface area (Å²) in [6, 6.07) is 20.6. The van der Waals surface area contributed by atoms with Gasteiger partial charge in [-0.2, -0.15) is 0 Å². The van der Waals surface area contributed by atoms with Gasteiger partial charge in [0.2, 0.25) is 5.91 Å². The Morgan fingerprint density at radius 2 is 1.55 bits per heavy atom. The molecule has 0 aliphatic carbocycles. The van der Waals surface area contributed by atoms with Gasteiger partial charge in [-0.25, -0.2) is 0 Å². The summed E-state index contributed by atoms with van der Waals surface area (Å²) < 4.78 is 0. The molecule has 0 unspecified atom stereocenters. The summed E-state index contributed by atoms with van der Waals surface area (Å²) in [5.74, 6) is 0.408. The van der Waals surface area contributed by atoms with Crippen LogP contribution in [0, 0.1) is 5.92 Å². The zero-order valence-electron chi connectivity index (χ0n) is 13.1. The van der Waals surface area contributed by atoms with Crippen LogP contribution in [0.5, 0.6) is 0 Å². The Hall–Kier alpha value is -2.09. The quantitative estimate of drug-likeness (QED) is 0.544. The maximum atomic E-state index is 12.7. The Labute approximate surface area is 132 Å². The lowest BCUT2D eigenvalue weighted by Gasteiger charge is -2.47. The molecule has 114 valence electrons. The van der Waals surface area contributed by atoms with Gasteiger partial charge in [-0.05, 0) is 24.1 Å². The van der Waals surface area contributed by atoms with Gasteiger partial charge in [0.25, 0.3) is 0 Å². The van der Waals surface area contributed by atoms with E-state index in [0.29, 0.717) is 0 Å². The second-order valence-electron chi connectivity index (χ2n) is 6.00. The molecular weight excluding hydrogens is 270 g/mol. The molecule has 1 fully saturated rings. The van der Waals surface area contributed by atoms with Crippen molar-refractivity contribution in [3.63, 3.8) is 0 Å². The van der Waals surface area contributed by atoms with Crippen molar-refractivity contribution in [3.8, 4) is 0 Å². The minimum absolute atomic E-state index is 0.133. The summed E-state index contributed by atoms with van der Waals surface area (Å²) in [6.45, 7) is 2.20. The number of rotatable bonds is 6. The summed E-state index contributed by atoms with van der Waals surface area (Å²) in [5, 5.41) is 0. The molecular formula is C20H23NO. The van der Waals surface area contributed by atoms with Crippen LogP contribution >= 0.6 is 0 Å². The molecule has 1 aliphatic heterocycles. The number of carbonyl (C=O) groups excluding carboxylic acids is 1. The van der Waals surface area contributed by atoms with E-state index in [1.807, 2.05) is 41.3 Å². The maximum absolute atomic E-state index is 12.7. The van der Waals surface area contributed by atoms with Gasteiger partial charge < -0.3 is 4.90 Å². The number of carbonyl (C=O) groups is 1. The molecule has 0 N–H and O–H groups in total. The smallest absolute Gasteiger partial charge is 0.233 e. The van der Waals surface area contributed by atoms with Crippen LogP contribution < -0.4 is 4.90 Å². The third-order valence-corrected chi connectivity index (χ3v) is 4.51. The molecule has 1 heterocycles. The zero-order chi connectivity index (χ0) is 15.4. The normalized spacial score (nSPS) is 20.8. The van der Waals surface area contributed by atoms with Crippen LogP contribution in [0.4, 0.5) is 5.69 Å². The molecule has 3 rings (SSSR count). The minimum atomic E-state index is 0.133. The van der Waals surface area contributed by atoms with E-state index < -0.39 is 0 Å². The van der Waals surface area contributed by atoms with Gasteiger partial charge in [0.15, 0.2) is 0 Å². The molecule has 2 aromatic rings. The van der Waals surface area contributed by atoms with Crippen LogP contribution in [0.2, 0.25) is 0 Å². The van der Waals surface area contributed by atoms with E-state index in [1.165, 1.54) is 18.4 Å². The van der Waals surface area contributed by atoms with Crippen molar-refractivity contribution < 1.29 is 4.79 Å². The highest BCUT2D eigenvalue weighted by atomic mass is 16.2. The van der Waals surface area contributed by atoms with E-state index in [9.17, 15) is 4.79 Å². The Morgan fingerprint density at radius 1 is 0.909 bits per heavy atom. The molecule has 0 bridgehead atoms. The van der Waals surface area contributed by atoms with Crippen LogP contribution in [-0.4, -0.2) is 5.91 Å². The molecule has 2 atom stereocenters. The first-order valence-corrected chi connectivity index (χ1v) is 8.26. The number of unbranched alkanes of at least 4 members (excludes halogenated alkanes) is 2. The Bertz CT molecular complexity index is 608. The maximum Gasteiger partial charge on any atom is 0.233 e. The fourth-order valence-electron chi connectivity index (χ4n) is 3.35. The van der Waals surface area contributed by atoms with Gasteiger partial charge in [-0.3, -0.25) is 4.79 Å². The van der Waals surface area contributed by atoms with Gasteiger partial charge >= 0.3 is 0 Å². The van der Waals surface area contributed by atoms with Crippen molar-refractivity contribution in [1.82, 2.24) is 0 Å². The first-order valence-electron chi connectivity index (χ1n) is 8.26. The zero-order valence-corrected chi connectivity index (χ0v) is 13.1. The van der Waals surface area contributed by atoms with E-state index >= 15 is 0 Å². The molecule has 2 heteroatoms. The lowest BCUT2D eigenvalue weighted by Crippen LogP contribution is -2.55. The molecule has 1 aliphatic rings. The van der Waals surface area contributed by atoms with Gasteiger partial charge in [0, 0.05) is 5.69 Å². The molecule has 2 nitrogen and oxygen atoms in total. The molecule has 1 amide bonds.